The van der Waals surface area contributed by atoms with E-state index >= 15 is 0 Å². The van der Waals surface area contributed by atoms with E-state index in [4.69, 9.17) is 0 Å². The van der Waals surface area contributed by atoms with Gasteiger partial charge in [-0.25, -0.2) is 5.43 Å². The van der Waals surface area contributed by atoms with E-state index in [-0.39, 0.29) is 11.3 Å². The zero-order chi connectivity index (χ0) is 16.2. The Kier molecular flexibility index (Phi) is 5.14. The van der Waals surface area contributed by atoms with Crippen LogP contribution < -0.4 is 5.43 Å². The fraction of sp³-hybridized carbons (Fsp3) is 0.333. The minimum atomic E-state index is -0.191. The van der Waals surface area contributed by atoms with E-state index in [1.807, 2.05) is 30.3 Å². The number of hydrogen-bond acceptors (Lipinski definition) is 3. The molecule has 2 aromatic rings. The molecular weight excluding hydrogens is 292 g/mol. The summed E-state index contributed by atoms with van der Waals surface area (Å²) in [5.74, 6) is -0.191. The van der Waals surface area contributed by atoms with Gasteiger partial charge in [-0.2, -0.15) is 5.10 Å². The van der Waals surface area contributed by atoms with Gasteiger partial charge in [-0.1, -0.05) is 39.8 Å². The summed E-state index contributed by atoms with van der Waals surface area (Å²) in [5.41, 5.74) is 4.48. The van der Waals surface area contributed by atoms with Crippen LogP contribution in [0, 0.1) is 0 Å². The van der Waals surface area contributed by atoms with Gasteiger partial charge in [0.25, 0.3) is 5.91 Å². The normalized spacial score (nSPS) is 11.8. The van der Waals surface area contributed by atoms with Crippen LogP contribution >= 0.6 is 11.3 Å². The maximum atomic E-state index is 12.0. The van der Waals surface area contributed by atoms with E-state index < -0.39 is 0 Å². The van der Waals surface area contributed by atoms with Crippen LogP contribution in [-0.4, -0.2) is 12.1 Å². The molecule has 0 fully saturated rings. The lowest BCUT2D eigenvalue weighted by atomic mass is 9.87. The van der Waals surface area contributed by atoms with Gasteiger partial charge in [0.15, 0.2) is 0 Å². The number of benzene rings is 1. The first-order valence-electron chi connectivity index (χ1n) is 7.43. The number of hydrogen-bond donors (Lipinski definition) is 1. The Hall–Kier alpha value is -1.94. The molecule has 1 aromatic heterocycles. The second-order valence-corrected chi connectivity index (χ2v) is 7.38. The van der Waals surface area contributed by atoms with Crippen molar-refractivity contribution in [3.63, 3.8) is 0 Å². The van der Waals surface area contributed by atoms with Crippen LogP contribution in [0.5, 0.6) is 0 Å². The highest BCUT2D eigenvalue weighted by Crippen LogP contribution is 2.22. The Labute approximate surface area is 136 Å². The van der Waals surface area contributed by atoms with E-state index in [1.165, 1.54) is 10.4 Å². The predicted molar refractivity (Wildman–Crippen MR) is 93.9 cm³/mol. The summed E-state index contributed by atoms with van der Waals surface area (Å²) in [4.78, 5) is 14.4. The van der Waals surface area contributed by atoms with Gasteiger partial charge in [0.05, 0.1) is 6.21 Å². The molecule has 1 heterocycles. The molecule has 0 aliphatic carbocycles. The van der Waals surface area contributed by atoms with Crippen LogP contribution in [0.15, 0.2) is 41.5 Å². The SMILES string of the molecule is CCc1ccc(/C=N/NC(=O)c2ccc(C(C)(C)C)cc2)s1. The summed E-state index contributed by atoms with van der Waals surface area (Å²) < 4.78 is 0. The standard InChI is InChI=1S/C18H22N2OS/c1-5-15-10-11-16(22-15)12-19-20-17(21)13-6-8-14(9-7-13)18(2,3)4/h6-12H,5H2,1-4H3,(H,20,21)/b19-12+. The molecule has 0 spiro atoms. The molecule has 0 saturated heterocycles. The van der Waals surface area contributed by atoms with Gasteiger partial charge in [-0.15, -0.1) is 11.3 Å². The van der Waals surface area contributed by atoms with Crippen LogP contribution in [0.3, 0.4) is 0 Å². The molecule has 0 aliphatic rings. The van der Waals surface area contributed by atoms with Crippen LogP contribution in [0.1, 0.15) is 53.4 Å². The Bertz CT molecular complexity index is 663. The minimum Gasteiger partial charge on any atom is -0.267 e. The fourth-order valence-electron chi connectivity index (χ4n) is 1.99. The second-order valence-electron chi connectivity index (χ2n) is 6.18. The van der Waals surface area contributed by atoms with E-state index in [0.29, 0.717) is 5.56 Å². The van der Waals surface area contributed by atoms with Crippen molar-refractivity contribution in [2.75, 3.05) is 0 Å². The van der Waals surface area contributed by atoms with Crippen molar-refractivity contribution in [3.8, 4) is 0 Å². The first-order chi connectivity index (χ1) is 10.4. The topological polar surface area (TPSA) is 41.5 Å². The summed E-state index contributed by atoms with van der Waals surface area (Å²) >= 11 is 1.68. The third-order valence-corrected chi connectivity index (χ3v) is 4.57. The molecule has 22 heavy (non-hydrogen) atoms. The maximum absolute atomic E-state index is 12.0. The van der Waals surface area contributed by atoms with Crippen molar-refractivity contribution < 1.29 is 4.79 Å². The zero-order valence-electron chi connectivity index (χ0n) is 13.5. The maximum Gasteiger partial charge on any atom is 0.271 e. The van der Waals surface area contributed by atoms with Gasteiger partial charge in [0, 0.05) is 15.3 Å². The number of amides is 1. The summed E-state index contributed by atoms with van der Waals surface area (Å²) in [6, 6.07) is 11.8. The van der Waals surface area contributed by atoms with Gasteiger partial charge in [-0.3, -0.25) is 4.79 Å². The molecule has 0 bridgehead atoms. The second kappa shape index (κ2) is 6.88. The highest BCUT2D eigenvalue weighted by molar-refractivity contribution is 7.13. The van der Waals surface area contributed by atoms with Crippen LogP contribution in [-0.2, 0) is 11.8 Å². The molecule has 1 N–H and O–H groups in total. The van der Waals surface area contributed by atoms with Crippen LogP contribution in [0.2, 0.25) is 0 Å². The average Bonchev–Trinajstić information content (AvgIpc) is 2.94. The number of rotatable bonds is 4. The van der Waals surface area contributed by atoms with Gasteiger partial charge < -0.3 is 0 Å². The molecule has 3 nitrogen and oxygen atoms in total. The number of nitrogens with one attached hydrogen (secondary N) is 1. The van der Waals surface area contributed by atoms with Crippen molar-refractivity contribution in [1.29, 1.82) is 0 Å². The average molecular weight is 314 g/mol. The Morgan fingerprint density at radius 1 is 1.18 bits per heavy atom. The molecule has 116 valence electrons. The summed E-state index contributed by atoms with van der Waals surface area (Å²) in [6.07, 6.45) is 2.70. The molecule has 4 heteroatoms. The molecule has 1 aromatic carbocycles. The van der Waals surface area contributed by atoms with Gasteiger partial charge in [0.2, 0.25) is 0 Å². The van der Waals surface area contributed by atoms with Gasteiger partial charge in [0.1, 0.15) is 0 Å². The number of hydrazone groups is 1. The van der Waals surface area contributed by atoms with E-state index in [0.717, 1.165) is 11.3 Å². The summed E-state index contributed by atoms with van der Waals surface area (Å²) in [7, 11) is 0. The first kappa shape index (κ1) is 16.4. The molecular formula is C18H22N2OS. The molecule has 0 atom stereocenters. The molecule has 0 unspecified atom stereocenters. The molecule has 0 saturated carbocycles. The largest absolute Gasteiger partial charge is 0.271 e. The summed E-state index contributed by atoms with van der Waals surface area (Å²) in [5, 5.41) is 4.02. The van der Waals surface area contributed by atoms with Crippen molar-refractivity contribution in [3.05, 3.63) is 57.3 Å². The van der Waals surface area contributed by atoms with Crippen LogP contribution in [0.4, 0.5) is 0 Å². The Balaban J connectivity index is 1.97. The highest BCUT2D eigenvalue weighted by atomic mass is 32.1. The number of nitrogens with zero attached hydrogens (tertiary/aromatic N) is 1. The highest BCUT2D eigenvalue weighted by Gasteiger charge is 2.14. The number of aryl methyl sites for hydroxylation is 1. The number of thiophene rings is 1. The first-order valence-corrected chi connectivity index (χ1v) is 8.24. The zero-order valence-corrected chi connectivity index (χ0v) is 14.3. The quantitative estimate of drug-likeness (QED) is 0.660. The summed E-state index contributed by atoms with van der Waals surface area (Å²) in [6.45, 7) is 8.57. The predicted octanol–water partition coefficient (Wildman–Crippen LogP) is 4.37. The van der Waals surface area contributed by atoms with E-state index in [2.05, 4.69) is 44.3 Å². The lowest BCUT2D eigenvalue weighted by Crippen LogP contribution is -2.18. The van der Waals surface area contributed by atoms with E-state index in [9.17, 15) is 4.79 Å². The third kappa shape index (κ3) is 4.28. The number of carbonyl (C=O) groups excluding carboxylic acids is 1. The lowest BCUT2D eigenvalue weighted by Gasteiger charge is -2.18. The lowest BCUT2D eigenvalue weighted by molar-refractivity contribution is 0.0955. The molecule has 0 aliphatic heterocycles. The van der Waals surface area contributed by atoms with Crippen molar-refractivity contribution in [2.45, 2.75) is 39.5 Å². The Morgan fingerprint density at radius 3 is 2.41 bits per heavy atom. The van der Waals surface area contributed by atoms with Crippen LogP contribution in [0.25, 0.3) is 0 Å². The van der Waals surface area contributed by atoms with Crippen molar-refractivity contribution >= 4 is 23.5 Å². The monoisotopic (exact) mass is 314 g/mol. The van der Waals surface area contributed by atoms with Crippen molar-refractivity contribution in [1.82, 2.24) is 5.43 Å². The van der Waals surface area contributed by atoms with E-state index in [1.54, 1.807) is 17.6 Å². The molecule has 0 radical (unpaired) electrons. The fourth-order valence-corrected chi connectivity index (χ4v) is 2.82. The van der Waals surface area contributed by atoms with Crippen molar-refractivity contribution in [2.24, 2.45) is 5.10 Å². The molecule has 1 amide bonds. The third-order valence-electron chi connectivity index (χ3n) is 3.40. The van der Waals surface area contributed by atoms with Gasteiger partial charge >= 0.3 is 0 Å². The Morgan fingerprint density at radius 2 is 1.86 bits per heavy atom. The molecule has 2 rings (SSSR count). The number of carbonyl (C=O) groups is 1. The minimum absolute atomic E-state index is 0.0866. The smallest absolute Gasteiger partial charge is 0.267 e. The van der Waals surface area contributed by atoms with Gasteiger partial charge in [-0.05, 0) is 41.7 Å².